The maximum absolute atomic E-state index is 9.80. The SMILES string of the molecule is C=CCN1CC[C@@]2(C)c3cc(O)ccc3C[C@@H]1[C@@H]2C. The lowest BCUT2D eigenvalue weighted by Gasteiger charge is -2.54. The smallest absolute Gasteiger partial charge is 0.115 e. The topological polar surface area (TPSA) is 23.5 Å². The maximum Gasteiger partial charge on any atom is 0.115 e. The van der Waals surface area contributed by atoms with E-state index < -0.39 is 0 Å². The van der Waals surface area contributed by atoms with E-state index in [0.717, 1.165) is 25.9 Å². The van der Waals surface area contributed by atoms with Gasteiger partial charge >= 0.3 is 0 Å². The fourth-order valence-electron chi connectivity index (χ4n) is 4.09. The Morgan fingerprint density at radius 2 is 2.32 bits per heavy atom. The van der Waals surface area contributed by atoms with Crippen molar-refractivity contribution in [2.75, 3.05) is 13.1 Å². The number of phenolic OH excluding ortho intramolecular Hbond substituents is 1. The van der Waals surface area contributed by atoms with Gasteiger partial charge in [-0.05, 0) is 54.0 Å². The van der Waals surface area contributed by atoms with Crippen LogP contribution in [0.15, 0.2) is 30.9 Å². The van der Waals surface area contributed by atoms with Crippen molar-refractivity contribution in [3.63, 3.8) is 0 Å². The summed E-state index contributed by atoms with van der Waals surface area (Å²) in [6.45, 7) is 10.7. The quantitative estimate of drug-likeness (QED) is 0.823. The van der Waals surface area contributed by atoms with Gasteiger partial charge in [-0.15, -0.1) is 6.58 Å². The van der Waals surface area contributed by atoms with Crippen molar-refractivity contribution in [1.82, 2.24) is 4.90 Å². The summed E-state index contributed by atoms with van der Waals surface area (Å²) in [5.41, 5.74) is 2.99. The van der Waals surface area contributed by atoms with Gasteiger partial charge < -0.3 is 5.11 Å². The minimum atomic E-state index is 0.203. The summed E-state index contributed by atoms with van der Waals surface area (Å²) in [4.78, 5) is 2.56. The molecule has 2 bridgehead atoms. The molecule has 0 radical (unpaired) electrons. The van der Waals surface area contributed by atoms with E-state index in [1.165, 1.54) is 11.1 Å². The molecule has 1 aliphatic heterocycles. The third kappa shape index (κ3) is 1.81. The molecule has 0 unspecified atom stereocenters. The Hall–Kier alpha value is -1.28. The average molecular weight is 257 g/mol. The Morgan fingerprint density at radius 3 is 3.05 bits per heavy atom. The van der Waals surface area contributed by atoms with Crippen LogP contribution in [0.2, 0.25) is 0 Å². The lowest BCUT2D eigenvalue weighted by molar-refractivity contribution is 0.0398. The molecule has 1 saturated heterocycles. The molecule has 2 nitrogen and oxygen atoms in total. The van der Waals surface area contributed by atoms with Crippen LogP contribution in [0.5, 0.6) is 5.75 Å². The lowest BCUT2D eigenvalue weighted by Crippen LogP contribution is -2.57. The predicted octanol–water partition coefficient (Wildman–Crippen LogP) is 3.10. The molecule has 1 N–H and O–H groups in total. The number of hydrogen-bond donors (Lipinski definition) is 1. The monoisotopic (exact) mass is 257 g/mol. The molecule has 0 saturated carbocycles. The Kier molecular flexibility index (Phi) is 2.94. The first-order valence-corrected chi connectivity index (χ1v) is 7.23. The van der Waals surface area contributed by atoms with Crippen molar-refractivity contribution in [3.05, 3.63) is 42.0 Å². The number of phenols is 1. The van der Waals surface area contributed by atoms with Gasteiger partial charge in [-0.25, -0.2) is 0 Å². The highest BCUT2D eigenvalue weighted by Crippen LogP contribution is 2.49. The predicted molar refractivity (Wildman–Crippen MR) is 78.5 cm³/mol. The van der Waals surface area contributed by atoms with Crippen molar-refractivity contribution in [2.45, 2.75) is 38.1 Å². The van der Waals surface area contributed by atoms with Gasteiger partial charge in [-0.3, -0.25) is 4.90 Å². The van der Waals surface area contributed by atoms with Crippen LogP contribution in [0.1, 0.15) is 31.4 Å². The molecule has 0 spiro atoms. The summed E-state index contributed by atoms with van der Waals surface area (Å²) in [5.74, 6) is 1.02. The summed E-state index contributed by atoms with van der Waals surface area (Å²) in [6, 6.07) is 6.53. The van der Waals surface area contributed by atoms with Crippen molar-refractivity contribution in [3.8, 4) is 5.75 Å². The minimum absolute atomic E-state index is 0.203. The summed E-state index contributed by atoms with van der Waals surface area (Å²) >= 11 is 0. The Morgan fingerprint density at radius 1 is 1.53 bits per heavy atom. The van der Waals surface area contributed by atoms with Crippen LogP contribution < -0.4 is 0 Å². The minimum Gasteiger partial charge on any atom is -0.508 e. The number of fused-ring (bicyclic) bond motifs is 4. The van der Waals surface area contributed by atoms with E-state index in [2.05, 4.69) is 31.4 Å². The van der Waals surface area contributed by atoms with Gasteiger partial charge in [0.1, 0.15) is 5.75 Å². The highest BCUT2D eigenvalue weighted by atomic mass is 16.3. The molecule has 0 aromatic heterocycles. The average Bonchev–Trinajstić information content (AvgIpc) is 2.38. The number of nitrogens with zero attached hydrogens (tertiary/aromatic N) is 1. The number of hydrogen-bond acceptors (Lipinski definition) is 2. The molecule has 1 aromatic carbocycles. The van der Waals surface area contributed by atoms with E-state index in [4.69, 9.17) is 0 Å². The standard InChI is InChI=1S/C17H23NO/c1-4-8-18-9-7-17(3)12(2)16(18)10-13-5-6-14(19)11-15(13)17/h4-6,11-12,16,19H,1,7-10H2,2-3H3/t12-,16+,17+/m0/s1. The third-order valence-electron chi connectivity index (χ3n) is 5.47. The number of piperidine rings is 1. The molecule has 1 aliphatic carbocycles. The van der Waals surface area contributed by atoms with Gasteiger partial charge in [-0.2, -0.15) is 0 Å². The molecule has 1 fully saturated rings. The highest BCUT2D eigenvalue weighted by Gasteiger charge is 2.48. The van der Waals surface area contributed by atoms with Gasteiger partial charge in [0.05, 0.1) is 0 Å². The van der Waals surface area contributed by atoms with E-state index in [-0.39, 0.29) is 5.41 Å². The molecule has 0 amide bonds. The largest absolute Gasteiger partial charge is 0.508 e. The third-order valence-corrected chi connectivity index (χ3v) is 5.47. The second-order valence-electron chi connectivity index (χ2n) is 6.35. The van der Waals surface area contributed by atoms with Gasteiger partial charge in [0.15, 0.2) is 0 Å². The van der Waals surface area contributed by atoms with Crippen LogP contribution in [0.4, 0.5) is 0 Å². The molecule has 3 atom stereocenters. The fourth-order valence-corrected chi connectivity index (χ4v) is 4.09. The van der Waals surface area contributed by atoms with E-state index >= 15 is 0 Å². The van der Waals surface area contributed by atoms with Crippen LogP contribution in [-0.2, 0) is 11.8 Å². The maximum atomic E-state index is 9.80. The van der Waals surface area contributed by atoms with Crippen molar-refractivity contribution in [1.29, 1.82) is 0 Å². The van der Waals surface area contributed by atoms with Crippen molar-refractivity contribution in [2.24, 2.45) is 5.92 Å². The first-order chi connectivity index (χ1) is 9.06. The Balaban J connectivity index is 2.06. The highest BCUT2D eigenvalue weighted by molar-refractivity contribution is 5.44. The van der Waals surface area contributed by atoms with Gasteiger partial charge in [-0.1, -0.05) is 26.0 Å². The second kappa shape index (κ2) is 4.38. The van der Waals surface area contributed by atoms with Crippen LogP contribution in [0.25, 0.3) is 0 Å². The summed E-state index contributed by atoms with van der Waals surface area (Å²) in [7, 11) is 0. The van der Waals surface area contributed by atoms with Crippen LogP contribution in [0, 0.1) is 5.92 Å². The van der Waals surface area contributed by atoms with E-state index in [9.17, 15) is 5.11 Å². The Labute approximate surface area is 115 Å². The lowest BCUT2D eigenvalue weighted by atomic mass is 9.59. The molecule has 102 valence electrons. The molecule has 1 aromatic rings. The van der Waals surface area contributed by atoms with E-state index in [0.29, 0.717) is 17.7 Å². The van der Waals surface area contributed by atoms with Crippen molar-refractivity contribution < 1.29 is 5.11 Å². The second-order valence-corrected chi connectivity index (χ2v) is 6.35. The van der Waals surface area contributed by atoms with Gasteiger partial charge in [0.2, 0.25) is 0 Å². The van der Waals surface area contributed by atoms with Gasteiger partial charge in [0, 0.05) is 12.6 Å². The number of benzene rings is 1. The zero-order chi connectivity index (χ0) is 13.6. The zero-order valence-electron chi connectivity index (χ0n) is 11.9. The summed E-state index contributed by atoms with van der Waals surface area (Å²) in [5, 5.41) is 9.80. The molecular weight excluding hydrogens is 234 g/mol. The van der Waals surface area contributed by atoms with Crippen LogP contribution >= 0.6 is 0 Å². The molecule has 2 heteroatoms. The van der Waals surface area contributed by atoms with Gasteiger partial charge in [0.25, 0.3) is 0 Å². The summed E-state index contributed by atoms with van der Waals surface area (Å²) in [6.07, 6.45) is 4.27. The van der Waals surface area contributed by atoms with E-state index in [1.807, 2.05) is 18.2 Å². The molecule has 3 rings (SSSR count). The number of rotatable bonds is 2. The molecule has 1 heterocycles. The first-order valence-electron chi connectivity index (χ1n) is 7.23. The summed E-state index contributed by atoms with van der Waals surface area (Å²) < 4.78 is 0. The zero-order valence-corrected chi connectivity index (χ0v) is 11.9. The molecule has 2 aliphatic rings. The van der Waals surface area contributed by atoms with Crippen molar-refractivity contribution >= 4 is 0 Å². The van der Waals surface area contributed by atoms with E-state index in [1.54, 1.807) is 0 Å². The van der Waals surface area contributed by atoms with Crippen LogP contribution in [0.3, 0.4) is 0 Å². The molecular formula is C17H23NO. The van der Waals surface area contributed by atoms with Crippen LogP contribution in [-0.4, -0.2) is 29.1 Å². The Bertz CT molecular complexity index is 510. The normalized spacial score (nSPS) is 33.8. The molecule has 19 heavy (non-hydrogen) atoms. The fraction of sp³-hybridized carbons (Fsp3) is 0.529. The number of likely N-dealkylation sites (tertiary alicyclic amines) is 1. The first kappa shape index (κ1) is 12.7. The number of aromatic hydroxyl groups is 1.